The molecule has 122 valence electrons. The summed E-state index contributed by atoms with van der Waals surface area (Å²) in [6, 6.07) is 0.661. The number of urea groups is 2. The lowest BCUT2D eigenvalue weighted by Gasteiger charge is -2.12. The minimum atomic E-state index is -4.47. The topological polar surface area (TPSA) is 91.6 Å². The number of hydrogen-bond acceptors (Lipinski definition) is 4. The third kappa shape index (κ3) is 2.89. The average molecular weight is 328 g/mol. The molecule has 0 bridgehead atoms. The van der Waals surface area contributed by atoms with Crippen molar-refractivity contribution in [1.29, 1.82) is 0 Å². The predicted octanol–water partition coefficient (Wildman–Crippen LogP) is 0.983. The van der Waals surface area contributed by atoms with Crippen LogP contribution in [0.2, 0.25) is 0 Å². The number of carbonyl (C=O) groups is 2. The van der Waals surface area contributed by atoms with E-state index in [2.05, 4.69) is 20.8 Å². The maximum atomic E-state index is 12.6. The number of pyridine rings is 1. The molecule has 3 rings (SSSR count). The Balaban J connectivity index is 1.74. The van der Waals surface area contributed by atoms with Crippen LogP contribution < -0.4 is 10.6 Å². The molecule has 0 unspecified atom stereocenters. The highest BCUT2D eigenvalue weighted by Crippen LogP contribution is 2.29. The second-order valence-corrected chi connectivity index (χ2v) is 4.80. The first kappa shape index (κ1) is 15.1. The van der Waals surface area contributed by atoms with Crippen molar-refractivity contribution in [3.05, 3.63) is 29.7 Å². The number of hydrogen-bond donors (Lipinski definition) is 2. The first-order valence-electron chi connectivity index (χ1n) is 6.60. The summed E-state index contributed by atoms with van der Waals surface area (Å²) in [5.41, 5.74) is -0.815. The van der Waals surface area contributed by atoms with Gasteiger partial charge < -0.3 is 10.6 Å². The monoisotopic (exact) mass is 328 g/mol. The number of aromatic nitrogens is 3. The van der Waals surface area contributed by atoms with Gasteiger partial charge in [0.15, 0.2) is 11.5 Å². The third-order valence-corrected chi connectivity index (χ3v) is 3.31. The van der Waals surface area contributed by atoms with Gasteiger partial charge in [0.1, 0.15) is 0 Å². The Morgan fingerprint density at radius 2 is 2.17 bits per heavy atom. The van der Waals surface area contributed by atoms with Crippen molar-refractivity contribution >= 4 is 17.7 Å². The molecule has 1 fully saturated rings. The molecule has 1 aliphatic rings. The lowest BCUT2D eigenvalue weighted by atomic mass is 10.2. The molecule has 1 saturated heterocycles. The quantitative estimate of drug-likeness (QED) is 0.860. The van der Waals surface area contributed by atoms with Gasteiger partial charge in [-0.1, -0.05) is 0 Å². The van der Waals surface area contributed by atoms with Crippen LogP contribution in [0.5, 0.6) is 0 Å². The molecule has 0 radical (unpaired) electrons. The van der Waals surface area contributed by atoms with E-state index in [4.69, 9.17) is 0 Å². The van der Waals surface area contributed by atoms with Crippen LogP contribution in [0.1, 0.15) is 11.4 Å². The second kappa shape index (κ2) is 5.41. The Labute approximate surface area is 127 Å². The van der Waals surface area contributed by atoms with Gasteiger partial charge in [-0.2, -0.15) is 13.2 Å². The fourth-order valence-corrected chi connectivity index (χ4v) is 2.15. The fraction of sp³-hybridized carbons (Fsp3) is 0.333. The van der Waals surface area contributed by atoms with E-state index >= 15 is 0 Å². The summed E-state index contributed by atoms with van der Waals surface area (Å²) in [6.07, 6.45) is -3.28. The smallest absolute Gasteiger partial charge is 0.336 e. The van der Waals surface area contributed by atoms with Crippen molar-refractivity contribution in [3.63, 3.8) is 0 Å². The van der Waals surface area contributed by atoms with Gasteiger partial charge >= 0.3 is 18.2 Å². The van der Waals surface area contributed by atoms with Gasteiger partial charge in [0.05, 0.1) is 12.1 Å². The molecule has 0 atom stereocenters. The van der Waals surface area contributed by atoms with Crippen molar-refractivity contribution in [2.45, 2.75) is 12.7 Å². The van der Waals surface area contributed by atoms with Crippen LogP contribution >= 0.6 is 0 Å². The van der Waals surface area contributed by atoms with E-state index in [0.717, 1.165) is 17.0 Å². The predicted molar refractivity (Wildman–Crippen MR) is 70.3 cm³/mol. The summed E-state index contributed by atoms with van der Waals surface area (Å²) in [7, 11) is 0. The third-order valence-electron chi connectivity index (χ3n) is 3.31. The molecule has 23 heavy (non-hydrogen) atoms. The number of nitrogens with one attached hydrogen (secondary N) is 2. The summed E-state index contributed by atoms with van der Waals surface area (Å²) < 4.78 is 39.2. The van der Waals surface area contributed by atoms with E-state index < -0.39 is 23.8 Å². The second-order valence-electron chi connectivity index (χ2n) is 4.80. The Morgan fingerprint density at radius 1 is 1.39 bits per heavy atom. The molecule has 8 nitrogen and oxygen atoms in total. The lowest BCUT2D eigenvalue weighted by molar-refractivity contribution is -0.137. The Bertz CT molecular complexity index is 772. The van der Waals surface area contributed by atoms with Crippen molar-refractivity contribution < 1.29 is 22.8 Å². The van der Waals surface area contributed by atoms with Crippen LogP contribution in [-0.2, 0) is 12.7 Å². The van der Waals surface area contributed by atoms with Crippen LogP contribution in [0.15, 0.2) is 18.3 Å². The standard InChI is InChI=1S/C12H11F3N6O2/c13-12(14,15)7-1-3-20-8(5-7)18-19-9(20)6-17-11(23)21-4-2-16-10(21)22/h1,3,5H,2,4,6H2,(H,16,22)(H,17,23). The van der Waals surface area contributed by atoms with Gasteiger partial charge in [-0.05, 0) is 12.1 Å². The van der Waals surface area contributed by atoms with Crippen LogP contribution in [0.25, 0.3) is 5.65 Å². The van der Waals surface area contributed by atoms with E-state index in [1.54, 1.807) is 0 Å². The molecule has 2 aromatic rings. The first-order valence-corrected chi connectivity index (χ1v) is 6.60. The molecule has 4 amide bonds. The average Bonchev–Trinajstić information content (AvgIpc) is 3.09. The highest BCUT2D eigenvalue weighted by atomic mass is 19.4. The summed E-state index contributed by atoms with van der Waals surface area (Å²) in [5, 5.41) is 12.4. The minimum Gasteiger partial charge on any atom is -0.336 e. The number of rotatable bonds is 2. The summed E-state index contributed by atoms with van der Waals surface area (Å²) in [6.45, 7) is 0.551. The molecule has 0 aliphatic carbocycles. The molecule has 11 heteroatoms. The highest BCUT2D eigenvalue weighted by Gasteiger charge is 2.31. The maximum absolute atomic E-state index is 12.6. The van der Waals surface area contributed by atoms with Crippen LogP contribution in [-0.4, -0.2) is 44.6 Å². The molecule has 3 heterocycles. The number of amides is 4. The number of imide groups is 1. The Morgan fingerprint density at radius 3 is 2.83 bits per heavy atom. The summed E-state index contributed by atoms with van der Waals surface area (Å²) >= 11 is 0. The van der Waals surface area contributed by atoms with Gasteiger partial charge in [-0.15, -0.1) is 10.2 Å². The fourth-order valence-electron chi connectivity index (χ4n) is 2.15. The van der Waals surface area contributed by atoms with E-state index in [0.29, 0.717) is 6.54 Å². The molecule has 0 aromatic carbocycles. The van der Waals surface area contributed by atoms with Crippen molar-refractivity contribution in [2.24, 2.45) is 0 Å². The Kier molecular flexibility index (Phi) is 3.54. The zero-order valence-corrected chi connectivity index (χ0v) is 11.6. The van der Waals surface area contributed by atoms with Crippen molar-refractivity contribution in [1.82, 2.24) is 30.1 Å². The number of nitrogens with zero attached hydrogens (tertiary/aromatic N) is 4. The van der Waals surface area contributed by atoms with Gasteiger partial charge in [-0.25, -0.2) is 14.5 Å². The summed E-state index contributed by atoms with van der Waals surface area (Å²) in [4.78, 5) is 24.1. The van der Waals surface area contributed by atoms with E-state index in [9.17, 15) is 22.8 Å². The zero-order chi connectivity index (χ0) is 16.6. The first-order chi connectivity index (χ1) is 10.9. The molecule has 0 saturated carbocycles. The van der Waals surface area contributed by atoms with Gasteiger partial charge in [-0.3, -0.25) is 4.40 Å². The maximum Gasteiger partial charge on any atom is 0.416 e. The summed E-state index contributed by atoms with van der Waals surface area (Å²) in [5.74, 6) is 0.252. The number of alkyl halides is 3. The molecule has 2 aromatic heterocycles. The van der Waals surface area contributed by atoms with Crippen molar-refractivity contribution in [3.8, 4) is 0 Å². The van der Waals surface area contributed by atoms with E-state index in [1.807, 2.05) is 0 Å². The molecule has 1 aliphatic heterocycles. The van der Waals surface area contributed by atoms with Gasteiger partial charge in [0.2, 0.25) is 0 Å². The number of carbonyl (C=O) groups excluding carboxylic acids is 2. The Hall–Kier alpha value is -2.85. The highest BCUT2D eigenvalue weighted by molar-refractivity contribution is 5.94. The zero-order valence-electron chi connectivity index (χ0n) is 11.6. The van der Waals surface area contributed by atoms with Crippen LogP contribution in [0.3, 0.4) is 0 Å². The molecular weight excluding hydrogens is 317 g/mol. The van der Waals surface area contributed by atoms with Gasteiger partial charge in [0, 0.05) is 19.3 Å². The van der Waals surface area contributed by atoms with E-state index in [1.165, 1.54) is 10.6 Å². The normalized spacial score (nSPS) is 15.1. The van der Waals surface area contributed by atoms with Crippen molar-refractivity contribution in [2.75, 3.05) is 13.1 Å². The minimum absolute atomic E-state index is 0.0167. The number of fused-ring (bicyclic) bond motifs is 1. The molecule has 2 N–H and O–H groups in total. The van der Waals surface area contributed by atoms with E-state index in [-0.39, 0.29) is 24.6 Å². The molecular formula is C12H11F3N6O2. The lowest BCUT2D eigenvalue weighted by Crippen LogP contribution is -2.41. The van der Waals surface area contributed by atoms with Gasteiger partial charge in [0.25, 0.3) is 0 Å². The van der Waals surface area contributed by atoms with Crippen LogP contribution in [0.4, 0.5) is 22.8 Å². The number of halogens is 3. The van der Waals surface area contributed by atoms with Crippen LogP contribution in [0, 0.1) is 0 Å². The largest absolute Gasteiger partial charge is 0.416 e. The SMILES string of the molecule is O=C1NCCN1C(=O)NCc1nnc2cc(C(F)(F)F)ccn12. The molecule has 0 spiro atoms.